The molecule has 2 fully saturated rings. The Hall–Kier alpha value is -2.52. The molecule has 0 bridgehead atoms. The summed E-state index contributed by atoms with van der Waals surface area (Å²) in [5, 5.41) is 3.83. The smallest absolute Gasteiger partial charge is 0.248 e. The van der Waals surface area contributed by atoms with Gasteiger partial charge in [0, 0.05) is 31.7 Å². The molecule has 2 saturated heterocycles. The first kappa shape index (κ1) is 21.7. The topological polar surface area (TPSA) is 83.7 Å². The van der Waals surface area contributed by atoms with Crippen LogP contribution in [0, 0.1) is 18.7 Å². The predicted octanol–water partition coefficient (Wildman–Crippen LogP) is 3.32. The maximum atomic E-state index is 13.9. The van der Waals surface area contributed by atoms with Crippen LogP contribution in [0.2, 0.25) is 0 Å². The maximum Gasteiger partial charge on any atom is 0.248 e. The van der Waals surface area contributed by atoms with Crippen LogP contribution >= 0.6 is 0 Å². The lowest BCUT2D eigenvalue weighted by Crippen LogP contribution is -2.46. The molecule has 166 valence electrons. The zero-order valence-electron chi connectivity index (χ0n) is 17.5. The Morgan fingerprint density at radius 1 is 1.16 bits per heavy atom. The molecule has 3 heterocycles. The second-order valence-corrected chi connectivity index (χ2v) is 9.93. The third kappa shape index (κ3) is 4.43. The Labute approximate surface area is 181 Å². The molecule has 7 nitrogen and oxygen atoms in total. The summed E-state index contributed by atoms with van der Waals surface area (Å²) in [6, 6.07) is 6.19. The number of sulfonamides is 1. The van der Waals surface area contributed by atoms with Crippen LogP contribution < -0.4 is 0 Å². The van der Waals surface area contributed by atoms with Gasteiger partial charge in [0.15, 0.2) is 10.7 Å². The Morgan fingerprint density at radius 3 is 2.65 bits per heavy atom. The van der Waals surface area contributed by atoms with E-state index in [-0.39, 0.29) is 34.7 Å². The van der Waals surface area contributed by atoms with E-state index in [1.54, 1.807) is 25.1 Å². The number of piperidine rings is 1. The van der Waals surface area contributed by atoms with Crippen molar-refractivity contribution in [2.24, 2.45) is 5.92 Å². The largest absolute Gasteiger partial charge is 0.355 e. The highest BCUT2D eigenvalue weighted by atomic mass is 32.2. The summed E-state index contributed by atoms with van der Waals surface area (Å²) in [5.41, 5.74) is 0.551. The average molecular weight is 448 g/mol. The van der Waals surface area contributed by atoms with Crippen LogP contribution in [-0.4, -0.2) is 54.9 Å². The minimum absolute atomic E-state index is 0.0330. The van der Waals surface area contributed by atoms with Gasteiger partial charge in [0.1, 0.15) is 11.5 Å². The highest BCUT2D eigenvalue weighted by molar-refractivity contribution is 7.89. The van der Waals surface area contributed by atoms with E-state index in [4.69, 9.17) is 4.52 Å². The second-order valence-electron chi connectivity index (χ2n) is 8.05. The van der Waals surface area contributed by atoms with Gasteiger partial charge in [-0.2, -0.15) is 4.31 Å². The van der Waals surface area contributed by atoms with E-state index < -0.39 is 15.8 Å². The van der Waals surface area contributed by atoms with E-state index in [2.05, 4.69) is 5.16 Å². The second kappa shape index (κ2) is 8.92. The molecule has 9 heteroatoms. The van der Waals surface area contributed by atoms with Gasteiger partial charge in [-0.15, -0.1) is 0 Å². The molecule has 0 saturated carbocycles. The quantitative estimate of drug-likeness (QED) is 0.702. The summed E-state index contributed by atoms with van der Waals surface area (Å²) in [6.07, 6.45) is 6.18. The highest BCUT2D eigenvalue weighted by Crippen LogP contribution is 2.30. The molecule has 0 spiro atoms. The van der Waals surface area contributed by atoms with Gasteiger partial charge in [0.05, 0.1) is 5.92 Å². The molecule has 4 rings (SSSR count). The predicted molar refractivity (Wildman–Crippen MR) is 114 cm³/mol. The number of hydrogen-bond acceptors (Lipinski definition) is 5. The van der Waals surface area contributed by atoms with Crippen LogP contribution in [0.5, 0.6) is 0 Å². The van der Waals surface area contributed by atoms with Crippen LogP contribution in [0.15, 0.2) is 33.7 Å². The van der Waals surface area contributed by atoms with Crippen LogP contribution in [0.25, 0.3) is 12.2 Å². The Balaban J connectivity index is 1.58. The first-order valence-corrected chi connectivity index (χ1v) is 12.0. The molecule has 2 aromatic rings. The van der Waals surface area contributed by atoms with Gasteiger partial charge in [0.2, 0.25) is 15.9 Å². The Bertz CT molecular complexity index is 1090. The number of aryl methyl sites for hydroxylation is 1. The van der Waals surface area contributed by atoms with Gasteiger partial charge in [-0.25, -0.2) is 12.8 Å². The van der Waals surface area contributed by atoms with E-state index in [9.17, 15) is 17.6 Å². The first-order chi connectivity index (χ1) is 14.9. The van der Waals surface area contributed by atoms with Crippen molar-refractivity contribution in [1.29, 1.82) is 0 Å². The molecule has 0 aliphatic carbocycles. The van der Waals surface area contributed by atoms with Gasteiger partial charge in [-0.1, -0.05) is 23.4 Å². The number of nitrogens with zero attached hydrogens (tertiary/aromatic N) is 3. The van der Waals surface area contributed by atoms with Crippen LogP contribution in [-0.2, 0) is 14.8 Å². The van der Waals surface area contributed by atoms with E-state index in [0.717, 1.165) is 25.9 Å². The number of carbonyl (C=O) groups excluding carboxylic acids is 1. The van der Waals surface area contributed by atoms with Gasteiger partial charge in [-0.3, -0.25) is 4.79 Å². The molecular weight excluding hydrogens is 421 g/mol. The summed E-state index contributed by atoms with van der Waals surface area (Å²) < 4.78 is 47.4. The van der Waals surface area contributed by atoms with Gasteiger partial charge < -0.3 is 9.42 Å². The molecule has 1 amide bonds. The lowest BCUT2D eigenvalue weighted by Gasteiger charge is -2.33. The molecule has 1 atom stereocenters. The third-order valence-electron chi connectivity index (χ3n) is 5.90. The van der Waals surface area contributed by atoms with Crippen molar-refractivity contribution in [3.63, 3.8) is 0 Å². The van der Waals surface area contributed by atoms with Crippen molar-refractivity contribution in [1.82, 2.24) is 14.4 Å². The number of carbonyl (C=O) groups is 1. The summed E-state index contributed by atoms with van der Waals surface area (Å²) in [5.74, 6) is -0.661. The number of benzene rings is 1. The normalized spacial score (nSPS) is 20.6. The average Bonchev–Trinajstić information content (AvgIpc) is 3.43. The zero-order valence-corrected chi connectivity index (χ0v) is 18.3. The van der Waals surface area contributed by atoms with E-state index >= 15 is 0 Å². The Kier molecular flexibility index (Phi) is 6.24. The van der Waals surface area contributed by atoms with Crippen molar-refractivity contribution in [2.75, 3.05) is 26.2 Å². The van der Waals surface area contributed by atoms with E-state index in [0.29, 0.717) is 24.9 Å². The number of rotatable bonds is 5. The molecule has 1 unspecified atom stereocenters. The highest BCUT2D eigenvalue weighted by Gasteiger charge is 2.38. The maximum absolute atomic E-state index is 13.9. The van der Waals surface area contributed by atoms with Crippen molar-refractivity contribution in [3.8, 4) is 0 Å². The van der Waals surface area contributed by atoms with Gasteiger partial charge >= 0.3 is 0 Å². The molecule has 1 aromatic carbocycles. The molecule has 1 aromatic heterocycles. The van der Waals surface area contributed by atoms with E-state index in [1.165, 1.54) is 22.5 Å². The monoisotopic (exact) mass is 447 g/mol. The van der Waals surface area contributed by atoms with Gasteiger partial charge in [0.25, 0.3) is 0 Å². The minimum atomic E-state index is -3.92. The first-order valence-electron chi connectivity index (χ1n) is 10.6. The van der Waals surface area contributed by atoms with Crippen molar-refractivity contribution >= 4 is 28.1 Å². The summed E-state index contributed by atoms with van der Waals surface area (Å²) in [4.78, 5) is 14.6. The van der Waals surface area contributed by atoms with Crippen molar-refractivity contribution in [2.45, 2.75) is 37.5 Å². The molecule has 0 N–H and O–H groups in total. The number of aromatic nitrogens is 1. The molecular formula is C22H26FN3O4S. The fourth-order valence-corrected chi connectivity index (χ4v) is 6.04. The molecule has 31 heavy (non-hydrogen) atoms. The minimum Gasteiger partial charge on any atom is -0.355 e. The summed E-state index contributed by atoms with van der Waals surface area (Å²) in [6.45, 7) is 3.55. The number of hydrogen-bond donors (Lipinski definition) is 0. The van der Waals surface area contributed by atoms with Crippen molar-refractivity contribution in [3.05, 3.63) is 47.1 Å². The van der Waals surface area contributed by atoms with E-state index in [1.807, 2.05) is 4.90 Å². The zero-order chi connectivity index (χ0) is 22.0. The van der Waals surface area contributed by atoms with Crippen LogP contribution in [0.4, 0.5) is 4.39 Å². The summed E-state index contributed by atoms with van der Waals surface area (Å²) in [7, 11) is -3.92. The van der Waals surface area contributed by atoms with Gasteiger partial charge in [-0.05, 0) is 50.8 Å². The Morgan fingerprint density at radius 2 is 1.90 bits per heavy atom. The fourth-order valence-electron chi connectivity index (χ4n) is 4.26. The standard InChI is InChI=1S/C22H26FN3O4S/c1-16-21(20(30-24-16)11-10-17-7-2-3-9-19(17)23)31(28,29)26-14-6-8-18(15-26)22(27)25-12-4-5-13-25/h2-3,7,9-11,18H,4-6,8,12-15H2,1H3/b11-10+. The SMILES string of the molecule is Cc1noc(/C=C/c2ccccc2F)c1S(=O)(=O)N1CCCC(C(=O)N2CCCC2)C1. The fraction of sp³-hybridized carbons (Fsp3) is 0.455. The molecule has 2 aliphatic heterocycles. The lowest BCUT2D eigenvalue weighted by molar-refractivity contribution is -0.135. The van der Waals surface area contributed by atoms with Crippen molar-refractivity contribution < 1.29 is 22.1 Å². The molecule has 2 aliphatic rings. The number of amides is 1. The third-order valence-corrected chi connectivity index (χ3v) is 7.93. The lowest BCUT2D eigenvalue weighted by atomic mass is 9.98. The van der Waals surface area contributed by atoms with Crippen LogP contribution in [0.3, 0.4) is 0 Å². The molecule has 0 radical (unpaired) electrons. The van der Waals surface area contributed by atoms with Crippen LogP contribution in [0.1, 0.15) is 42.7 Å². The number of likely N-dealkylation sites (tertiary alicyclic amines) is 1. The number of halogens is 1. The summed E-state index contributed by atoms with van der Waals surface area (Å²) >= 11 is 0.